The lowest BCUT2D eigenvalue weighted by molar-refractivity contribution is -0.143. The van der Waals surface area contributed by atoms with Gasteiger partial charge in [-0.15, -0.1) is 0 Å². The van der Waals surface area contributed by atoms with Gasteiger partial charge in [0.2, 0.25) is 59.1 Å². The average molecular weight is 1080 g/mol. The van der Waals surface area contributed by atoms with Crippen LogP contribution in [0.5, 0.6) is 5.75 Å². The Bertz CT molecular complexity index is 2670. The highest BCUT2D eigenvalue weighted by atomic mass is 16.5. The standard InChI is InChI=1S/C54H68N10O14/c1-31(2)22-24-78-36-18-16-35(17-19-36)27-38-48(71)56-30-45(68)63-47(32(3)65)53(76)57-29-44(67)58-37(20-21-46(69)70)49(72)59-39(25-33-11-6-4-7-12-33)50(73)60-40(26-34-13-8-5-9-14-34)51(74)62-41(28-43(55)66)54(77)64-23-10-15-42(64)52(75)61-38/h4-9,11-14,16-19,22,32,37-42,47,65H,10,15,20-21,23-30H2,1-3H3,(H2,55,66)(H,56,71)(H,57,76)(H,58,67)(H,59,72)(H,60,73)(H,61,75)(H,62,74)(H,63,68)(H,69,70)/t32-,37+,38-,39+,40-,41+,42+,47+/m1/s1. The van der Waals surface area contributed by atoms with E-state index in [4.69, 9.17) is 10.5 Å². The van der Waals surface area contributed by atoms with Gasteiger partial charge in [0.25, 0.3) is 0 Å². The first kappa shape index (κ1) is 60.2. The number of hydrogen-bond acceptors (Lipinski definition) is 13. The number of aliphatic hydroxyl groups excluding tert-OH is 1. The number of aliphatic hydroxyl groups is 1. The lowest BCUT2D eigenvalue weighted by atomic mass is 10.0. The second kappa shape index (κ2) is 29.6. The third kappa shape index (κ3) is 19.2. The number of primary amides is 1. The molecule has 8 atom stereocenters. The van der Waals surface area contributed by atoms with E-state index in [2.05, 4.69) is 42.5 Å². The number of allylic oxidation sites excluding steroid dienone is 1. The van der Waals surface area contributed by atoms with Crippen LogP contribution in [0.2, 0.25) is 0 Å². The van der Waals surface area contributed by atoms with Crippen molar-refractivity contribution in [2.45, 2.75) is 121 Å². The van der Waals surface area contributed by atoms with Crippen molar-refractivity contribution in [3.05, 3.63) is 113 Å². The molecular weight excluding hydrogens is 1010 g/mol. The first-order chi connectivity index (χ1) is 37.2. The average Bonchev–Trinajstić information content (AvgIpc) is 3.90. The first-order valence-corrected chi connectivity index (χ1v) is 25.4. The number of carbonyl (C=O) groups excluding carboxylic acids is 10. The highest BCUT2D eigenvalue weighted by Crippen LogP contribution is 2.21. The highest BCUT2D eigenvalue weighted by molar-refractivity contribution is 5.99. The predicted octanol–water partition coefficient (Wildman–Crippen LogP) is -1.67. The van der Waals surface area contributed by atoms with E-state index >= 15 is 0 Å². The van der Waals surface area contributed by atoms with Crippen molar-refractivity contribution in [2.24, 2.45) is 5.73 Å². The minimum absolute atomic E-state index is 0.0235. The molecule has 3 aromatic rings. The van der Waals surface area contributed by atoms with Crippen LogP contribution in [0, 0.1) is 0 Å². The number of nitrogens with one attached hydrogen (secondary N) is 8. The Morgan fingerprint density at radius 2 is 1.13 bits per heavy atom. The molecular formula is C54H68N10O14. The maximum atomic E-state index is 14.6. The van der Waals surface area contributed by atoms with E-state index in [-0.39, 0.29) is 38.6 Å². The van der Waals surface area contributed by atoms with Crippen molar-refractivity contribution >= 4 is 65.0 Å². The fourth-order valence-corrected chi connectivity index (χ4v) is 8.56. The third-order valence-electron chi connectivity index (χ3n) is 12.7. The van der Waals surface area contributed by atoms with Gasteiger partial charge in [-0.2, -0.15) is 0 Å². The van der Waals surface area contributed by atoms with Gasteiger partial charge in [-0.25, -0.2) is 0 Å². The molecule has 2 aliphatic heterocycles. The number of carboxylic acids is 1. The number of aliphatic carboxylic acids is 1. The SMILES string of the molecule is CC(C)=CCOc1ccc(C[C@H]2NC(=O)[C@@H]3CCCN3C(=O)[C@H](CC(N)=O)NC(=O)[C@@H](Cc3ccccc3)NC(=O)[C@H](Cc3ccccc3)NC(=O)[C@H](CCC(=O)O)NC(=O)CNC(=O)[C@H]([C@@H](C)O)NC(=O)CNC2=O)cc1. The summed E-state index contributed by atoms with van der Waals surface area (Å²) in [5.74, 6) is -10.4. The number of benzene rings is 3. The van der Waals surface area contributed by atoms with E-state index in [9.17, 15) is 63.0 Å². The maximum absolute atomic E-state index is 14.6. The molecule has 2 aliphatic rings. The van der Waals surface area contributed by atoms with Crippen molar-refractivity contribution in [3.8, 4) is 5.75 Å². The molecule has 0 aliphatic carbocycles. The molecule has 24 nitrogen and oxygen atoms in total. The lowest BCUT2D eigenvalue weighted by Crippen LogP contribution is -2.60. The van der Waals surface area contributed by atoms with Crippen LogP contribution < -0.4 is 53.0 Å². The Hall–Kier alpha value is -8.67. The summed E-state index contributed by atoms with van der Waals surface area (Å²) in [6.07, 6.45) is -1.71. The zero-order chi connectivity index (χ0) is 56.9. The second-order valence-corrected chi connectivity index (χ2v) is 19.2. The minimum atomic E-state index is -1.70. The van der Waals surface area contributed by atoms with Crippen molar-refractivity contribution in [1.82, 2.24) is 47.4 Å². The Morgan fingerprint density at radius 3 is 1.65 bits per heavy atom. The van der Waals surface area contributed by atoms with Crippen LogP contribution in [0.25, 0.3) is 0 Å². The number of nitrogens with zero attached hydrogens (tertiary/aromatic N) is 1. The summed E-state index contributed by atoms with van der Waals surface area (Å²) in [4.78, 5) is 152. The van der Waals surface area contributed by atoms with Crippen LogP contribution in [-0.4, -0.2) is 155 Å². The van der Waals surface area contributed by atoms with Crippen LogP contribution >= 0.6 is 0 Å². The zero-order valence-electron chi connectivity index (χ0n) is 43.6. The quantitative estimate of drug-likeness (QED) is 0.0759. The van der Waals surface area contributed by atoms with E-state index in [1.807, 2.05) is 19.9 Å². The molecule has 0 unspecified atom stereocenters. The minimum Gasteiger partial charge on any atom is -0.490 e. The van der Waals surface area contributed by atoms with Gasteiger partial charge < -0.3 is 68.1 Å². The Kier molecular flexibility index (Phi) is 22.8. The largest absolute Gasteiger partial charge is 0.490 e. The molecule has 418 valence electrons. The molecule has 0 radical (unpaired) electrons. The Balaban J connectivity index is 1.53. The summed E-state index contributed by atoms with van der Waals surface area (Å²) in [6.45, 7) is 3.66. The molecule has 2 fully saturated rings. The maximum Gasteiger partial charge on any atom is 0.303 e. The fourth-order valence-electron chi connectivity index (χ4n) is 8.56. The van der Waals surface area contributed by atoms with Gasteiger partial charge in [-0.1, -0.05) is 78.4 Å². The van der Waals surface area contributed by atoms with Crippen molar-refractivity contribution in [3.63, 3.8) is 0 Å². The number of rotatable bonds is 15. The van der Waals surface area contributed by atoms with Gasteiger partial charge in [-0.3, -0.25) is 52.7 Å². The molecule has 0 bridgehead atoms. The summed E-state index contributed by atoms with van der Waals surface area (Å²) < 4.78 is 5.76. The van der Waals surface area contributed by atoms with Crippen LogP contribution in [-0.2, 0) is 72.0 Å². The third-order valence-corrected chi connectivity index (χ3v) is 12.7. The normalized spacial score (nSPS) is 23.0. The van der Waals surface area contributed by atoms with E-state index < -0.39 is 146 Å². The topological polar surface area (TPSA) is 363 Å². The number of carboxylic acid groups (broad SMARTS) is 1. The van der Waals surface area contributed by atoms with Crippen LogP contribution in [0.4, 0.5) is 0 Å². The molecule has 12 N–H and O–H groups in total. The summed E-state index contributed by atoms with van der Waals surface area (Å²) in [6, 6.07) is 12.8. The van der Waals surface area contributed by atoms with E-state index in [0.717, 1.165) is 10.5 Å². The summed E-state index contributed by atoms with van der Waals surface area (Å²) in [5.41, 5.74) is 8.29. The zero-order valence-corrected chi connectivity index (χ0v) is 43.6. The van der Waals surface area contributed by atoms with Gasteiger partial charge in [0.05, 0.1) is 25.6 Å². The molecule has 3 aromatic carbocycles. The van der Waals surface area contributed by atoms with Gasteiger partial charge in [0, 0.05) is 32.2 Å². The van der Waals surface area contributed by atoms with Gasteiger partial charge in [0.1, 0.15) is 54.6 Å². The Morgan fingerprint density at radius 1 is 0.641 bits per heavy atom. The number of nitrogens with two attached hydrogens (primary N) is 1. The second-order valence-electron chi connectivity index (χ2n) is 19.2. The molecule has 5 rings (SSSR count). The van der Waals surface area contributed by atoms with E-state index in [0.29, 0.717) is 29.0 Å². The van der Waals surface area contributed by atoms with Gasteiger partial charge >= 0.3 is 5.97 Å². The van der Waals surface area contributed by atoms with Crippen LogP contribution in [0.1, 0.15) is 69.6 Å². The van der Waals surface area contributed by atoms with E-state index in [1.165, 1.54) is 6.92 Å². The predicted molar refractivity (Wildman–Crippen MR) is 280 cm³/mol. The molecule has 78 heavy (non-hydrogen) atoms. The number of fused-ring (bicyclic) bond motifs is 1. The van der Waals surface area contributed by atoms with E-state index in [1.54, 1.807) is 84.9 Å². The summed E-state index contributed by atoms with van der Waals surface area (Å²) >= 11 is 0. The molecule has 24 heteroatoms. The molecule has 0 spiro atoms. The van der Waals surface area contributed by atoms with Crippen LogP contribution in [0.15, 0.2) is 96.6 Å². The lowest BCUT2D eigenvalue weighted by Gasteiger charge is -2.30. The number of ether oxygens (including phenoxy) is 1. The number of hydrogen-bond donors (Lipinski definition) is 11. The molecule has 10 amide bonds. The van der Waals surface area contributed by atoms with Crippen molar-refractivity contribution in [2.75, 3.05) is 26.2 Å². The van der Waals surface area contributed by atoms with Crippen molar-refractivity contribution < 1.29 is 67.7 Å². The van der Waals surface area contributed by atoms with Gasteiger partial charge in [0.15, 0.2) is 0 Å². The molecule has 0 aromatic heterocycles. The fraction of sp³-hybridized carbons (Fsp3) is 0.426. The molecule has 2 saturated heterocycles. The van der Waals surface area contributed by atoms with Gasteiger partial charge in [-0.05, 0) is 74.9 Å². The van der Waals surface area contributed by atoms with Crippen molar-refractivity contribution in [1.29, 1.82) is 0 Å². The Labute approximate surface area is 450 Å². The number of amides is 10. The monoisotopic (exact) mass is 1080 g/mol. The molecule has 2 heterocycles. The first-order valence-electron chi connectivity index (χ1n) is 25.4. The summed E-state index contributed by atoms with van der Waals surface area (Å²) in [7, 11) is 0. The highest BCUT2D eigenvalue weighted by Gasteiger charge is 2.41. The molecule has 0 saturated carbocycles. The number of carbonyl (C=O) groups is 11. The smallest absolute Gasteiger partial charge is 0.303 e. The van der Waals surface area contributed by atoms with Crippen LogP contribution in [0.3, 0.4) is 0 Å². The summed E-state index contributed by atoms with van der Waals surface area (Å²) in [5, 5.41) is 39.9.